The third-order valence-electron chi connectivity index (χ3n) is 4.17. The average molecular weight is 359 g/mol. The second-order valence-electron chi connectivity index (χ2n) is 5.74. The number of hydrogen-bond donors (Lipinski definition) is 1. The van der Waals surface area contributed by atoms with Gasteiger partial charge >= 0.3 is 0 Å². The molecule has 0 fully saturated rings. The molecule has 0 saturated heterocycles. The average Bonchev–Trinajstić information content (AvgIpc) is 3.18. The van der Waals surface area contributed by atoms with Crippen LogP contribution < -0.4 is 0 Å². The van der Waals surface area contributed by atoms with Gasteiger partial charge in [0.05, 0.1) is 6.21 Å². The molecule has 0 aliphatic heterocycles. The summed E-state index contributed by atoms with van der Waals surface area (Å²) in [5.41, 5.74) is 3.40. The summed E-state index contributed by atoms with van der Waals surface area (Å²) >= 11 is 0. The van der Waals surface area contributed by atoms with Crippen LogP contribution in [0.15, 0.2) is 78.0 Å². The maximum Gasteiger partial charge on any atom is 0.187 e. The first-order valence-electron chi connectivity index (χ1n) is 8.19. The van der Waals surface area contributed by atoms with Crippen molar-refractivity contribution in [1.29, 1.82) is 0 Å². The monoisotopic (exact) mass is 359 g/mol. The van der Waals surface area contributed by atoms with E-state index in [1.807, 2.05) is 48.5 Å². The molecule has 0 aliphatic rings. The van der Waals surface area contributed by atoms with Gasteiger partial charge in [-0.1, -0.05) is 65.8 Å². The van der Waals surface area contributed by atoms with Crippen LogP contribution in [-0.4, -0.2) is 31.6 Å². The molecule has 0 spiro atoms. The molecule has 132 valence electrons. The Kier molecular flexibility index (Phi) is 4.40. The second kappa shape index (κ2) is 7.17. The van der Waals surface area contributed by atoms with E-state index in [1.165, 1.54) is 17.0 Å². The van der Waals surface area contributed by atoms with Gasteiger partial charge in [-0.15, -0.1) is 5.10 Å². The number of oxime groups is 1. The SMILES string of the molecule is O/N=C\c1ccccc1-c1ccccc1-c1nnnn1-c1ccccc1F. The summed E-state index contributed by atoms with van der Waals surface area (Å²) in [6, 6.07) is 21.3. The van der Waals surface area contributed by atoms with Gasteiger partial charge in [0.25, 0.3) is 0 Å². The summed E-state index contributed by atoms with van der Waals surface area (Å²) < 4.78 is 15.6. The summed E-state index contributed by atoms with van der Waals surface area (Å²) in [6.45, 7) is 0. The topological polar surface area (TPSA) is 76.2 Å². The number of para-hydroxylation sites is 1. The predicted octanol–water partition coefficient (Wildman–Crippen LogP) is 3.94. The zero-order valence-electron chi connectivity index (χ0n) is 14.1. The van der Waals surface area contributed by atoms with Gasteiger partial charge in [0.2, 0.25) is 0 Å². The van der Waals surface area contributed by atoms with Crippen molar-refractivity contribution in [2.75, 3.05) is 0 Å². The molecule has 1 aromatic heterocycles. The molecular weight excluding hydrogens is 345 g/mol. The number of rotatable bonds is 4. The minimum atomic E-state index is -0.420. The van der Waals surface area contributed by atoms with Crippen LogP contribution in [0.5, 0.6) is 0 Å². The Balaban J connectivity index is 1.93. The highest BCUT2D eigenvalue weighted by Crippen LogP contribution is 2.33. The van der Waals surface area contributed by atoms with Crippen LogP contribution >= 0.6 is 0 Å². The number of tetrazole rings is 1. The summed E-state index contributed by atoms with van der Waals surface area (Å²) in [5, 5.41) is 23.9. The molecule has 0 amide bonds. The van der Waals surface area contributed by atoms with E-state index >= 15 is 0 Å². The molecule has 7 heteroatoms. The van der Waals surface area contributed by atoms with Crippen LogP contribution in [0.2, 0.25) is 0 Å². The van der Waals surface area contributed by atoms with Crippen LogP contribution in [0.1, 0.15) is 5.56 Å². The highest BCUT2D eigenvalue weighted by molar-refractivity contribution is 5.94. The second-order valence-corrected chi connectivity index (χ2v) is 5.74. The fraction of sp³-hybridized carbons (Fsp3) is 0. The van der Waals surface area contributed by atoms with E-state index in [1.54, 1.807) is 18.2 Å². The maximum absolute atomic E-state index is 14.3. The third kappa shape index (κ3) is 3.06. The van der Waals surface area contributed by atoms with E-state index in [0.29, 0.717) is 5.82 Å². The van der Waals surface area contributed by atoms with Gasteiger partial charge < -0.3 is 5.21 Å². The molecule has 1 N–H and O–H groups in total. The lowest BCUT2D eigenvalue weighted by Gasteiger charge is -2.12. The van der Waals surface area contributed by atoms with E-state index in [4.69, 9.17) is 5.21 Å². The Labute approximate surface area is 154 Å². The van der Waals surface area contributed by atoms with Crippen molar-refractivity contribution in [1.82, 2.24) is 20.2 Å². The van der Waals surface area contributed by atoms with E-state index in [9.17, 15) is 4.39 Å². The Morgan fingerprint density at radius 3 is 2.30 bits per heavy atom. The Morgan fingerprint density at radius 2 is 1.52 bits per heavy atom. The summed E-state index contributed by atoms with van der Waals surface area (Å²) in [6.07, 6.45) is 1.37. The normalized spacial score (nSPS) is 11.1. The maximum atomic E-state index is 14.3. The fourth-order valence-corrected chi connectivity index (χ4v) is 2.97. The van der Waals surface area contributed by atoms with E-state index in [0.717, 1.165) is 22.3 Å². The Morgan fingerprint density at radius 1 is 0.852 bits per heavy atom. The van der Waals surface area contributed by atoms with Gasteiger partial charge in [0.1, 0.15) is 11.5 Å². The van der Waals surface area contributed by atoms with Gasteiger partial charge in [0.15, 0.2) is 5.82 Å². The zero-order valence-corrected chi connectivity index (χ0v) is 14.1. The minimum Gasteiger partial charge on any atom is -0.411 e. The number of benzene rings is 3. The summed E-state index contributed by atoms with van der Waals surface area (Å²) in [7, 11) is 0. The molecule has 6 nitrogen and oxygen atoms in total. The number of nitrogens with zero attached hydrogens (tertiary/aromatic N) is 5. The van der Waals surface area contributed by atoms with E-state index in [2.05, 4.69) is 20.7 Å². The molecule has 3 aromatic carbocycles. The van der Waals surface area contributed by atoms with E-state index in [-0.39, 0.29) is 5.69 Å². The van der Waals surface area contributed by atoms with Gasteiger partial charge in [-0.3, -0.25) is 0 Å². The first kappa shape index (κ1) is 16.6. The molecule has 1 heterocycles. The van der Waals surface area contributed by atoms with E-state index < -0.39 is 5.82 Å². The molecule has 27 heavy (non-hydrogen) atoms. The summed E-state index contributed by atoms with van der Waals surface area (Å²) in [5.74, 6) is -0.0113. The standard InChI is InChI=1S/C20H14FN5O/c21-18-11-5-6-12-19(18)26-20(23-24-25-26)17-10-4-3-9-16(17)15-8-2-1-7-14(15)13-22-27/h1-13,27H/b22-13-. The molecule has 4 aromatic rings. The molecule has 0 unspecified atom stereocenters. The molecular formula is C20H14FN5O. The quantitative estimate of drug-likeness (QED) is 0.340. The van der Waals surface area contributed by atoms with Gasteiger partial charge in [0, 0.05) is 11.1 Å². The van der Waals surface area contributed by atoms with Crippen molar-refractivity contribution >= 4 is 6.21 Å². The smallest absolute Gasteiger partial charge is 0.187 e. The number of halogens is 1. The van der Waals surface area contributed by atoms with Crippen molar-refractivity contribution in [3.05, 3.63) is 84.2 Å². The molecule has 0 saturated carbocycles. The first-order valence-corrected chi connectivity index (χ1v) is 8.19. The molecule has 0 aliphatic carbocycles. The predicted molar refractivity (Wildman–Crippen MR) is 99.4 cm³/mol. The van der Waals surface area contributed by atoms with Crippen molar-refractivity contribution in [3.63, 3.8) is 0 Å². The van der Waals surface area contributed by atoms with Crippen LogP contribution in [-0.2, 0) is 0 Å². The number of hydrogen-bond acceptors (Lipinski definition) is 5. The minimum absolute atomic E-state index is 0.262. The lowest BCUT2D eigenvalue weighted by molar-refractivity contribution is 0.322. The fourth-order valence-electron chi connectivity index (χ4n) is 2.97. The lowest BCUT2D eigenvalue weighted by Crippen LogP contribution is -2.03. The lowest BCUT2D eigenvalue weighted by atomic mass is 9.95. The summed E-state index contributed by atoms with van der Waals surface area (Å²) in [4.78, 5) is 0. The van der Waals surface area contributed by atoms with Gasteiger partial charge in [-0.05, 0) is 33.7 Å². The van der Waals surface area contributed by atoms with Gasteiger partial charge in [-0.25, -0.2) is 4.39 Å². The molecule has 0 radical (unpaired) electrons. The highest BCUT2D eigenvalue weighted by atomic mass is 19.1. The first-order chi connectivity index (χ1) is 13.3. The highest BCUT2D eigenvalue weighted by Gasteiger charge is 2.18. The van der Waals surface area contributed by atoms with Crippen LogP contribution in [0, 0.1) is 5.82 Å². The molecule has 0 bridgehead atoms. The van der Waals surface area contributed by atoms with Crippen LogP contribution in [0.25, 0.3) is 28.2 Å². The van der Waals surface area contributed by atoms with Crippen molar-refractivity contribution in [3.8, 4) is 28.2 Å². The van der Waals surface area contributed by atoms with Crippen molar-refractivity contribution in [2.45, 2.75) is 0 Å². The van der Waals surface area contributed by atoms with Crippen molar-refractivity contribution < 1.29 is 9.60 Å². The molecule has 0 atom stereocenters. The molecule has 4 rings (SSSR count). The van der Waals surface area contributed by atoms with Gasteiger partial charge in [-0.2, -0.15) is 4.68 Å². The van der Waals surface area contributed by atoms with Crippen LogP contribution in [0.3, 0.4) is 0 Å². The third-order valence-corrected chi connectivity index (χ3v) is 4.17. The number of aromatic nitrogens is 4. The van der Waals surface area contributed by atoms with Crippen LogP contribution in [0.4, 0.5) is 4.39 Å². The Bertz CT molecular complexity index is 1120. The Hall–Kier alpha value is -3.87. The largest absolute Gasteiger partial charge is 0.411 e. The van der Waals surface area contributed by atoms with Crippen molar-refractivity contribution in [2.24, 2.45) is 5.16 Å². The zero-order chi connectivity index (χ0) is 18.6.